The van der Waals surface area contributed by atoms with E-state index < -0.39 is 0 Å². The zero-order valence-corrected chi connectivity index (χ0v) is 14.8. The molecule has 1 heteroatoms. The Kier molecular flexibility index (Phi) is 5.17. The molecule has 0 fully saturated rings. The second-order valence-corrected chi connectivity index (χ2v) is 7.41. The molecule has 0 saturated heterocycles. The Morgan fingerprint density at radius 3 is 1.96 bits per heavy atom. The van der Waals surface area contributed by atoms with Crippen molar-refractivity contribution in [3.8, 4) is 0 Å². The predicted octanol–water partition coefficient (Wildman–Crippen LogP) is 4.90. The quantitative estimate of drug-likeness (QED) is 0.777. The number of hydrogen-bond donors (Lipinski definition) is 0. The summed E-state index contributed by atoms with van der Waals surface area (Å²) in [6.45, 7) is 3.55. The van der Waals surface area contributed by atoms with Crippen LogP contribution in [0.1, 0.15) is 47.9 Å². The van der Waals surface area contributed by atoms with Crippen molar-refractivity contribution < 1.29 is 0 Å². The number of nitrogens with zero attached hydrogens (tertiary/aromatic N) is 1. The van der Waals surface area contributed by atoms with Gasteiger partial charge in [0.25, 0.3) is 0 Å². The lowest BCUT2D eigenvalue weighted by atomic mass is 9.77. The third-order valence-electron chi connectivity index (χ3n) is 5.07. The van der Waals surface area contributed by atoms with Crippen molar-refractivity contribution in [3.63, 3.8) is 0 Å². The van der Waals surface area contributed by atoms with Crippen LogP contribution in [0.15, 0.2) is 48.5 Å². The molecule has 0 N–H and O–H groups in total. The topological polar surface area (TPSA) is 3.24 Å². The Labute approximate surface area is 141 Å². The predicted molar refractivity (Wildman–Crippen MR) is 99.1 cm³/mol. The Morgan fingerprint density at radius 1 is 0.913 bits per heavy atom. The molecular weight excluding hydrogens is 278 g/mol. The van der Waals surface area contributed by atoms with Crippen LogP contribution in [-0.2, 0) is 12.8 Å². The molecule has 2 aromatic carbocycles. The van der Waals surface area contributed by atoms with E-state index in [1.807, 2.05) is 0 Å². The molecule has 0 heterocycles. The molecule has 3 rings (SSSR count). The van der Waals surface area contributed by atoms with Crippen LogP contribution in [0, 0.1) is 5.92 Å². The highest BCUT2D eigenvalue weighted by Crippen LogP contribution is 2.37. The normalized spacial score (nSPS) is 16.3. The molecule has 122 valence electrons. The highest BCUT2D eigenvalue weighted by atomic mass is 15.1. The molecule has 0 amide bonds. The number of aryl methyl sites for hydroxylation is 2. The number of benzene rings is 2. The van der Waals surface area contributed by atoms with Crippen molar-refractivity contribution in [2.45, 2.75) is 38.5 Å². The summed E-state index contributed by atoms with van der Waals surface area (Å²) < 4.78 is 0. The van der Waals surface area contributed by atoms with Gasteiger partial charge in [-0.15, -0.1) is 0 Å². The Balaban J connectivity index is 2.00. The van der Waals surface area contributed by atoms with E-state index in [9.17, 15) is 0 Å². The first-order valence-electron chi connectivity index (χ1n) is 8.95. The average Bonchev–Trinajstić information content (AvgIpc) is 2.51. The fourth-order valence-corrected chi connectivity index (χ4v) is 4.19. The van der Waals surface area contributed by atoms with Gasteiger partial charge < -0.3 is 4.90 Å². The molecule has 2 aromatic rings. The maximum absolute atomic E-state index is 2.39. The summed E-state index contributed by atoms with van der Waals surface area (Å²) in [4.78, 5) is 2.31. The van der Waals surface area contributed by atoms with Gasteiger partial charge in [-0.2, -0.15) is 0 Å². The first-order valence-corrected chi connectivity index (χ1v) is 8.95. The van der Waals surface area contributed by atoms with Crippen LogP contribution in [0.3, 0.4) is 0 Å². The summed E-state index contributed by atoms with van der Waals surface area (Å²) in [5, 5.41) is 0. The Hall–Kier alpha value is -1.60. The molecule has 0 bridgehead atoms. The molecule has 1 unspecified atom stereocenters. The minimum absolute atomic E-state index is 0.539. The van der Waals surface area contributed by atoms with E-state index in [0.717, 1.165) is 6.54 Å². The number of fused-ring (bicyclic) bond motifs is 2. The SMILES string of the molecule is CC(CC1c2ccccc2CCCc2ccccc21)CN(C)C. The van der Waals surface area contributed by atoms with Gasteiger partial charge in [-0.3, -0.25) is 0 Å². The summed E-state index contributed by atoms with van der Waals surface area (Å²) in [7, 11) is 4.35. The monoisotopic (exact) mass is 307 g/mol. The summed E-state index contributed by atoms with van der Waals surface area (Å²) in [5.41, 5.74) is 6.24. The van der Waals surface area contributed by atoms with Crippen LogP contribution in [0.25, 0.3) is 0 Å². The molecule has 1 atom stereocenters. The molecule has 1 nitrogen and oxygen atoms in total. The zero-order chi connectivity index (χ0) is 16.2. The number of hydrogen-bond acceptors (Lipinski definition) is 1. The van der Waals surface area contributed by atoms with Gasteiger partial charge in [0.2, 0.25) is 0 Å². The van der Waals surface area contributed by atoms with Crippen LogP contribution in [0.4, 0.5) is 0 Å². The van der Waals surface area contributed by atoms with Crippen molar-refractivity contribution in [1.82, 2.24) is 4.90 Å². The van der Waals surface area contributed by atoms with E-state index in [1.165, 1.54) is 25.7 Å². The molecule has 0 aliphatic heterocycles. The second kappa shape index (κ2) is 7.31. The molecule has 1 aliphatic rings. The van der Waals surface area contributed by atoms with E-state index in [0.29, 0.717) is 11.8 Å². The largest absolute Gasteiger partial charge is 0.309 e. The van der Waals surface area contributed by atoms with Crippen molar-refractivity contribution in [3.05, 3.63) is 70.8 Å². The highest BCUT2D eigenvalue weighted by Gasteiger charge is 2.24. The maximum Gasteiger partial charge on any atom is 0.00978 e. The smallest absolute Gasteiger partial charge is 0.00978 e. The second-order valence-electron chi connectivity index (χ2n) is 7.41. The van der Waals surface area contributed by atoms with Crippen molar-refractivity contribution in [2.75, 3.05) is 20.6 Å². The summed E-state index contributed by atoms with van der Waals surface area (Å²) in [6, 6.07) is 18.2. The van der Waals surface area contributed by atoms with Gasteiger partial charge in [-0.1, -0.05) is 55.5 Å². The van der Waals surface area contributed by atoms with Crippen LogP contribution < -0.4 is 0 Å². The van der Waals surface area contributed by atoms with Gasteiger partial charge in [-0.05, 0) is 68.0 Å². The van der Waals surface area contributed by atoms with Gasteiger partial charge in [0.05, 0.1) is 0 Å². The maximum atomic E-state index is 2.39. The van der Waals surface area contributed by atoms with Gasteiger partial charge in [-0.25, -0.2) is 0 Å². The van der Waals surface area contributed by atoms with E-state index in [-0.39, 0.29) is 0 Å². The van der Waals surface area contributed by atoms with Crippen LogP contribution in [-0.4, -0.2) is 25.5 Å². The molecule has 0 radical (unpaired) electrons. The molecule has 0 saturated carbocycles. The lowest BCUT2D eigenvalue weighted by molar-refractivity contribution is 0.320. The highest BCUT2D eigenvalue weighted by molar-refractivity contribution is 5.43. The fourth-order valence-electron chi connectivity index (χ4n) is 4.19. The van der Waals surface area contributed by atoms with Crippen molar-refractivity contribution >= 4 is 0 Å². The molecule has 23 heavy (non-hydrogen) atoms. The Bertz CT molecular complexity index is 596. The van der Waals surface area contributed by atoms with Gasteiger partial charge >= 0.3 is 0 Å². The van der Waals surface area contributed by atoms with Gasteiger partial charge in [0, 0.05) is 12.5 Å². The summed E-state index contributed by atoms with van der Waals surface area (Å²) >= 11 is 0. The first kappa shape index (κ1) is 16.3. The molecular formula is C22H29N. The van der Waals surface area contributed by atoms with E-state index in [1.54, 1.807) is 22.3 Å². The van der Waals surface area contributed by atoms with E-state index in [4.69, 9.17) is 0 Å². The lowest BCUT2D eigenvalue weighted by Crippen LogP contribution is -2.22. The molecule has 1 aliphatic carbocycles. The van der Waals surface area contributed by atoms with E-state index in [2.05, 4.69) is 74.4 Å². The fraction of sp³-hybridized carbons (Fsp3) is 0.455. The molecule has 0 aromatic heterocycles. The summed E-state index contributed by atoms with van der Waals surface area (Å²) in [6.07, 6.45) is 4.91. The third-order valence-corrected chi connectivity index (χ3v) is 5.07. The van der Waals surface area contributed by atoms with Crippen molar-refractivity contribution in [2.24, 2.45) is 5.92 Å². The minimum atomic E-state index is 0.539. The third kappa shape index (κ3) is 3.84. The van der Waals surface area contributed by atoms with E-state index >= 15 is 0 Å². The van der Waals surface area contributed by atoms with Crippen molar-refractivity contribution in [1.29, 1.82) is 0 Å². The minimum Gasteiger partial charge on any atom is -0.309 e. The van der Waals surface area contributed by atoms with Crippen LogP contribution in [0.2, 0.25) is 0 Å². The van der Waals surface area contributed by atoms with Gasteiger partial charge in [0.1, 0.15) is 0 Å². The zero-order valence-electron chi connectivity index (χ0n) is 14.8. The van der Waals surface area contributed by atoms with Crippen LogP contribution >= 0.6 is 0 Å². The Morgan fingerprint density at radius 2 is 1.43 bits per heavy atom. The summed E-state index contributed by atoms with van der Waals surface area (Å²) in [5.74, 6) is 1.23. The first-order chi connectivity index (χ1) is 11.1. The number of rotatable bonds is 4. The average molecular weight is 307 g/mol. The molecule has 0 spiro atoms. The standard InChI is InChI=1S/C22H29N/c1-17(16-23(2)3)15-22-20-13-6-4-9-18(20)11-8-12-19-10-5-7-14-21(19)22/h4-7,9-10,13-14,17,22H,8,11-12,15-16H2,1-3H3. The van der Waals surface area contributed by atoms with Gasteiger partial charge in [0.15, 0.2) is 0 Å². The van der Waals surface area contributed by atoms with Crippen LogP contribution in [0.5, 0.6) is 0 Å². The lowest BCUT2D eigenvalue weighted by Gasteiger charge is -2.29.